The number of thiophene rings is 2. The van der Waals surface area contributed by atoms with Crippen LogP contribution >= 0.6 is 30.3 Å². The normalized spacial score (nSPS) is 11.6. The van der Waals surface area contributed by atoms with E-state index in [4.69, 9.17) is 33.8 Å². The van der Waals surface area contributed by atoms with Crippen LogP contribution in [0.5, 0.6) is 23.0 Å². The third-order valence-corrected chi connectivity index (χ3v) is 9.38. The summed E-state index contributed by atoms with van der Waals surface area (Å²) >= 11 is 1.98. The molecule has 0 saturated carbocycles. The number of halogens is 2. The second kappa shape index (κ2) is 14.0. The lowest BCUT2D eigenvalue weighted by Crippen LogP contribution is -2.08. The molecule has 0 amide bonds. The first-order chi connectivity index (χ1) is 20.8. The van der Waals surface area contributed by atoms with E-state index >= 15 is 8.78 Å². The number of carbonyl (C=O) groups is 3. The van der Waals surface area contributed by atoms with Crippen molar-refractivity contribution in [3.05, 3.63) is 45.7 Å². The molecule has 2 aromatic heterocycles. The Balaban J connectivity index is 1.43. The fourth-order valence-electron chi connectivity index (χ4n) is 4.17. The van der Waals surface area contributed by atoms with Gasteiger partial charge in [0.05, 0.1) is 49.8 Å². The maximum Gasteiger partial charge on any atom is 0.326 e. The van der Waals surface area contributed by atoms with Gasteiger partial charge in [0.25, 0.3) is 0 Å². The van der Waals surface area contributed by atoms with Gasteiger partial charge in [-0.3, -0.25) is 18.9 Å². The second-order valence-electron chi connectivity index (χ2n) is 9.42. The number of hydrogen-bond donors (Lipinski definition) is 3. The van der Waals surface area contributed by atoms with E-state index in [2.05, 4.69) is 0 Å². The first-order valence-electron chi connectivity index (χ1n) is 13.0. The molecule has 0 aliphatic carbocycles. The van der Waals surface area contributed by atoms with Gasteiger partial charge < -0.3 is 33.8 Å². The molecule has 2 heterocycles. The monoisotopic (exact) mass is 672 g/mol. The van der Waals surface area contributed by atoms with E-state index < -0.39 is 49.3 Å². The molecule has 0 bridgehead atoms. The van der Waals surface area contributed by atoms with Crippen molar-refractivity contribution in [2.75, 3.05) is 33.6 Å². The molecular formula is C28H27F2O11PS2. The average Bonchev–Trinajstić information content (AvgIpc) is 3.61. The molecule has 0 spiro atoms. The number of carboxylic acid groups (broad SMARTS) is 1. The van der Waals surface area contributed by atoms with E-state index in [1.165, 1.54) is 38.5 Å². The highest BCUT2D eigenvalue weighted by Gasteiger charge is 2.23. The summed E-state index contributed by atoms with van der Waals surface area (Å²) < 4.78 is 64.5. The molecule has 2 aromatic carbocycles. The molecule has 0 aliphatic heterocycles. The standard InChI is InChI=1S/C28H27F2O11PS2/c1-38-18-12-20-14(10-22(43-20)16(31)4-5-24(33)34)25(29)27(18)40-7-3-8-41-28-19(39-2)13-21-15(26(28)30)11-23(44-21)17(32)6-9-42(35,36)37/h10-13H,3-9H2,1-2H3,(H,33,34)(H2,35,36,37). The first kappa shape index (κ1) is 33.3. The van der Waals surface area contributed by atoms with Crippen LogP contribution in [0.1, 0.15) is 45.0 Å². The van der Waals surface area contributed by atoms with Crippen molar-refractivity contribution in [1.29, 1.82) is 0 Å². The van der Waals surface area contributed by atoms with Crippen LogP contribution in [0.3, 0.4) is 0 Å². The Bertz CT molecular complexity index is 1780. The number of hydrogen-bond acceptors (Lipinski definition) is 10. The van der Waals surface area contributed by atoms with Gasteiger partial charge >= 0.3 is 13.6 Å². The molecule has 0 fully saturated rings. The zero-order valence-electron chi connectivity index (χ0n) is 23.4. The molecule has 11 nitrogen and oxygen atoms in total. The summed E-state index contributed by atoms with van der Waals surface area (Å²) in [5.41, 5.74) is 0. The predicted octanol–water partition coefficient (Wildman–Crippen LogP) is 6.06. The minimum absolute atomic E-state index is 0.0594. The zero-order chi connectivity index (χ0) is 32.2. The Morgan fingerprint density at radius 2 is 1.23 bits per heavy atom. The van der Waals surface area contributed by atoms with E-state index in [0.29, 0.717) is 9.40 Å². The Kier molecular flexibility index (Phi) is 10.6. The van der Waals surface area contributed by atoms with E-state index in [-0.39, 0.29) is 76.0 Å². The van der Waals surface area contributed by atoms with Crippen molar-refractivity contribution in [2.45, 2.75) is 25.7 Å². The van der Waals surface area contributed by atoms with Gasteiger partial charge in [-0.25, -0.2) is 8.78 Å². The summed E-state index contributed by atoms with van der Waals surface area (Å²) in [6.45, 7) is -0.125. The van der Waals surface area contributed by atoms with E-state index in [0.717, 1.165) is 22.7 Å². The van der Waals surface area contributed by atoms with E-state index in [1.54, 1.807) is 0 Å². The summed E-state index contributed by atoms with van der Waals surface area (Å²) in [5, 5.41) is 9.02. The summed E-state index contributed by atoms with van der Waals surface area (Å²) in [6, 6.07) is 5.66. The molecule has 16 heteroatoms. The smallest absolute Gasteiger partial charge is 0.326 e. The molecule has 4 aromatic rings. The van der Waals surface area contributed by atoms with Gasteiger partial charge in [-0.1, -0.05) is 0 Å². The number of aliphatic carboxylic acids is 1. The highest BCUT2D eigenvalue weighted by Crippen LogP contribution is 2.42. The second-order valence-corrected chi connectivity index (χ2v) is 13.4. The van der Waals surface area contributed by atoms with Gasteiger partial charge in [-0.05, 0) is 12.1 Å². The van der Waals surface area contributed by atoms with Crippen LogP contribution in [0.2, 0.25) is 0 Å². The van der Waals surface area contributed by atoms with Crippen molar-refractivity contribution in [1.82, 2.24) is 0 Å². The highest BCUT2D eigenvalue weighted by molar-refractivity contribution is 7.51. The molecule has 0 unspecified atom stereocenters. The summed E-state index contributed by atoms with van der Waals surface area (Å²) in [5.74, 6) is -3.85. The topological polar surface area (TPSA) is 166 Å². The van der Waals surface area contributed by atoms with Crippen LogP contribution in [-0.2, 0) is 9.36 Å². The Morgan fingerprint density at radius 3 is 1.64 bits per heavy atom. The van der Waals surface area contributed by atoms with Gasteiger partial charge in [0.15, 0.2) is 46.2 Å². The summed E-state index contributed by atoms with van der Waals surface area (Å²) in [4.78, 5) is 53.9. The Morgan fingerprint density at radius 1 is 0.773 bits per heavy atom. The van der Waals surface area contributed by atoms with Crippen molar-refractivity contribution >= 4 is 68.0 Å². The third-order valence-electron chi connectivity index (χ3n) is 6.33. The molecule has 0 atom stereocenters. The number of benzene rings is 2. The molecule has 0 saturated heterocycles. The lowest BCUT2D eigenvalue weighted by atomic mass is 10.1. The van der Waals surface area contributed by atoms with Crippen molar-refractivity contribution in [3.8, 4) is 23.0 Å². The number of carboxylic acids is 1. The van der Waals surface area contributed by atoms with Crippen molar-refractivity contribution in [2.24, 2.45) is 0 Å². The van der Waals surface area contributed by atoms with Gasteiger partial charge in [0, 0.05) is 51.6 Å². The van der Waals surface area contributed by atoms with Gasteiger partial charge in [0.1, 0.15) is 0 Å². The molecule has 4 rings (SSSR count). The van der Waals surface area contributed by atoms with Gasteiger partial charge in [0.2, 0.25) is 0 Å². The number of Topliss-reactive ketones (excluding diaryl/α,β-unsaturated/α-hetero) is 2. The van der Waals surface area contributed by atoms with Gasteiger partial charge in [-0.2, -0.15) is 0 Å². The van der Waals surface area contributed by atoms with Crippen LogP contribution in [0.15, 0.2) is 24.3 Å². The average molecular weight is 673 g/mol. The summed E-state index contributed by atoms with van der Waals surface area (Å²) in [6.07, 6.45) is -1.38. The summed E-state index contributed by atoms with van der Waals surface area (Å²) in [7, 11) is -1.72. The number of fused-ring (bicyclic) bond motifs is 2. The van der Waals surface area contributed by atoms with Crippen molar-refractivity contribution in [3.63, 3.8) is 0 Å². The van der Waals surface area contributed by atoms with Crippen LogP contribution in [-0.4, -0.2) is 66.0 Å². The number of ketones is 2. The maximum atomic E-state index is 15.4. The minimum atomic E-state index is -4.37. The molecule has 0 radical (unpaired) electrons. The third kappa shape index (κ3) is 7.71. The Hall–Kier alpha value is -3.62. The lowest BCUT2D eigenvalue weighted by molar-refractivity contribution is -0.136. The van der Waals surface area contributed by atoms with Crippen LogP contribution < -0.4 is 18.9 Å². The molecule has 44 heavy (non-hydrogen) atoms. The fourth-order valence-corrected chi connectivity index (χ4v) is 6.77. The highest BCUT2D eigenvalue weighted by atomic mass is 32.1. The SMILES string of the molecule is COc1cc2sc(C(=O)CCC(=O)O)cc2c(F)c1OCCCOc1c(OC)cc2sc(C(=O)CCP(=O)(O)O)cc2c1F. The first-order valence-corrected chi connectivity index (χ1v) is 16.4. The van der Waals surface area contributed by atoms with E-state index in [1.807, 2.05) is 0 Å². The molecule has 236 valence electrons. The van der Waals surface area contributed by atoms with E-state index in [9.17, 15) is 18.9 Å². The number of methoxy groups -OCH3 is 2. The number of rotatable bonds is 16. The Labute approximate surface area is 257 Å². The molecule has 3 N–H and O–H groups in total. The van der Waals surface area contributed by atoms with Crippen molar-refractivity contribution < 1.29 is 61.6 Å². The van der Waals surface area contributed by atoms with Gasteiger partial charge in [-0.15, -0.1) is 22.7 Å². The zero-order valence-corrected chi connectivity index (χ0v) is 25.9. The van der Waals surface area contributed by atoms with Crippen LogP contribution in [0, 0.1) is 11.6 Å². The van der Waals surface area contributed by atoms with Crippen LogP contribution in [0.4, 0.5) is 8.78 Å². The predicted molar refractivity (Wildman–Crippen MR) is 159 cm³/mol. The maximum absolute atomic E-state index is 15.4. The minimum Gasteiger partial charge on any atom is -0.493 e. The molecular weight excluding hydrogens is 645 g/mol. The quantitative estimate of drug-likeness (QED) is 0.0720. The van der Waals surface area contributed by atoms with Crippen LogP contribution in [0.25, 0.3) is 20.2 Å². The number of ether oxygens (including phenoxy) is 4. The fraction of sp³-hybridized carbons (Fsp3) is 0.321. The lowest BCUT2D eigenvalue weighted by Gasteiger charge is -2.14. The molecule has 0 aliphatic rings. The number of carbonyl (C=O) groups excluding carboxylic acids is 2. The largest absolute Gasteiger partial charge is 0.493 e.